The van der Waals surface area contributed by atoms with Crippen LogP contribution in [-0.2, 0) is 11.2 Å². The molecule has 1 aliphatic heterocycles. The van der Waals surface area contributed by atoms with E-state index in [0.717, 1.165) is 11.1 Å². The van der Waals surface area contributed by atoms with Crippen LogP contribution >= 0.6 is 48.0 Å². The minimum absolute atomic E-state index is 0. The van der Waals surface area contributed by atoms with Crippen LogP contribution in [0.1, 0.15) is 17.2 Å². The first kappa shape index (κ1) is 27.0. The quantitative estimate of drug-likeness (QED) is 0.642. The Balaban J connectivity index is 0.00000225. The molecule has 2 aromatic rings. The summed E-state index contributed by atoms with van der Waals surface area (Å²) >= 11 is 12.0. The molecule has 166 valence electrons. The molecule has 0 bridgehead atoms. The molecule has 1 saturated heterocycles. The van der Waals surface area contributed by atoms with E-state index in [4.69, 9.17) is 23.2 Å². The van der Waals surface area contributed by atoms with Crippen molar-refractivity contribution in [3.63, 3.8) is 0 Å². The van der Waals surface area contributed by atoms with Gasteiger partial charge in [-0.15, -0.1) is 24.8 Å². The van der Waals surface area contributed by atoms with Crippen LogP contribution in [-0.4, -0.2) is 64.8 Å². The summed E-state index contributed by atoms with van der Waals surface area (Å²) in [5.41, 5.74) is 1.80. The highest BCUT2D eigenvalue weighted by Gasteiger charge is 2.33. The van der Waals surface area contributed by atoms with Gasteiger partial charge in [-0.25, -0.2) is 0 Å². The SMILES string of the molecule is CN(C(=O)Cc1ccc(Cl)c(Cl)c1)[C@H](CN1C[C@@H](O)[C@H](O)C1)c1ccccc1.Cl.Cl. The lowest BCUT2D eigenvalue weighted by Crippen LogP contribution is -2.39. The van der Waals surface area contributed by atoms with Crippen LogP contribution in [0.2, 0.25) is 10.0 Å². The van der Waals surface area contributed by atoms with Crippen LogP contribution in [0.25, 0.3) is 0 Å². The van der Waals surface area contributed by atoms with Crippen molar-refractivity contribution in [2.24, 2.45) is 0 Å². The van der Waals surface area contributed by atoms with Gasteiger partial charge < -0.3 is 15.1 Å². The lowest BCUT2D eigenvalue weighted by atomic mass is 10.0. The summed E-state index contributed by atoms with van der Waals surface area (Å²) in [6, 6.07) is 14.8. The largest absolute Gasteiger partial charge is 0.389 e. The molecule has 1 heterocycles. The summed E-state index contributed by atoms with van der Waals surface area (Å²) in [7, 11) is 1.78. The van der Waals surface area contributed by atoms with Crippen LogP contribution in [0.3, 0.4) is 0 Å². The van der Waals surface area contributed by atoms with Gasteiger partial charge in [-0.3, -0.25) is 9.69 Å². The molecule has 2 aromatic carbocycles. The Morgan fingerprint density at radius 3 is 2.23 bits per heavy atom. The maximum atomic E-state index is 13.0. The first-order chi connectivity index (χ1) is 13.3. The minimum atomic E-state index is -0.756. The second-order valence-corrected chi connectivity index (χ2v) is 8.02. The number of carbonyl (C=O) groups excluding carboxylic acids is 1. The fraction of sp³-hybridized carbons (Fsp3) is 0.381. The van der Waals surface area contributed by atoms with Gasteiger partial charge in [-0.2, -0.15) is 0 Å². The Morgan fingerprint density at radius 1 is 1.07 bits per heavy atom. The zero-order valence-corrected chi connectivity index (χ0v) is 19.6. The molecule has 5 nitrogen and oxygen atoms in total. The summed E-state index contributed by atoms with van der Waals surface area (Å²) in [5.74, 6) is -0.0486. The van der Waals surface area contributed by atoms with E-state index in [-0.39, 0.29) is 43.2 Å². The highest BCUT2D eigenvalue weighted by Crippen LogP contribution is 2.26. The average Bonchev–Trinajstić information content (AvgIpc) is 3.00. The Morgan fingerprint density at radius 2 is 1.67 bits per heavy atom. The zero-order valence-electron chi connectivity index (χ0n) is 16.4. The Labute approximate surface area is 199 Å². The number of aliphatic hydroxyl groups excluding tert-OH is 2. The first-order valence-corrected chi connectivity index (χ1v) is 9.93. The van der Waals surface area contributed by atoms with Crippen molar-refractivity contribution in [3.8, 4) is 0 Å². The Hall–Kier alpha value is -1.05. The molecule has 30 heavy (non-hydrogen) atoms. The Bertz CT molecular complexity index is 815. The molecule has 0 radical (unpaired) electrons. The molecule has 2 N–H and O–H groups in total. The highest BCUT2D eigenvalue weighted by atomic mass is 35.5. The standard InChI is InChI=1S/C21H24Cl2N2O3.2ClH/c1-24(21(28)10-14-7-8-16(22)17(23)9-14)18(15-5-3-2-4-6-15)11-25-12-19(26)20(27)13-25;;/h2-9,18-20,26-27H,10-13H2,1H3;2*1H/t18-,19-,20-;;/m1../s1. The number of benzene rings is 2. The van der Waals surface area contributed by atoms with Gasteiger partial charge in [-0.1, -0.05) is 59.6 Å². The lowest BCUT2D eigenvalue weighted by Gasteiger charge is -2.32. The van der Waals surface area contributed by atoms with E-state index >= 15 is 0 Å². The zero-order chi connectivity index (χ0) is 20.3. The van der Waals surface area contributed by atoms with Crippen molar-refractivity contribution in [3.05, 3.63) is 69.7 Å². The van der Waals surface area contributed by atoms with Crippen LogP contribution in [0.4, 0.5) is 0 Å². The fourth-order valence-electron chi connectivity index (χ4n) is 3.49. The number of hydrogen-bond donors (Lipinski definition) is 2. The van der Waals surface area contributed by atoms with Gasteiger partial charge in [0.25, 0.3) is 0 Å². The molecule has 9 heteroatoms. The number of aliphatic hydroxyl groups is 2. The van der Waals surface area contributed by atoms with E-state index in [1.165, 1.54) is 0 Å². The van der Waals surface area contributed by atoms with E-state index in [9.17, 15) is 15.0 Å². The molecule has 0 aliphatic carbocycles. The topological polar surface area (TPSA) is 64.0 Å². The van der Waals surface area contributed by atoms with Crippen molar-refractivity contribution in [1.82, 2.24) is 9.80 Å². The van der Waals surface area contributed by atoms with Crippen molar-refractivity contribution < 1.29 is 15.0 Å². The third-order valence-electron chi connectivity index (χ3n) is 5.15. The summed E-state index contributed by atoms with van der Waals surface area (Å²) in [6.07, 6.45) is -1.30. The van der Waals surface area contributed by atoms with Crippen LogP contribution in [0.5, 0.6) is 0 Å². The predicted octanol–water partition coefficient (Wildman–Crippen LogP) is 3.62. The van der Waals surface area contributed by atoms with E-state index in [2.05, 4.69) is 0 Å². The van der Waals surface area contributed by atoms with Gasteiger partial charge >= 0.3 is 0 Å². The molecular weight excluding hydrogens is 470 g/mol. The number of halogens is 4. The molecule has 3 atom stereocenters. The third-order valence-corrected chi connectivity index (χ3v) is 5.89. The van der Waals surface area contributed by atoms with Crippen LogP contribution in [0, 0.1) is 0 Å². The molecule has 3 rings (SSSR count). The lowest BCUT2D eigenvalue weighted by molar-refractivity contribution is -0.131. The molecule has 1 amide bonds. The number of amides is 1. The van der Waals surface area contributed by atoms with E-state index < -0.39 is 12.2 Å². The average molecular weight is 496 g/mol. The third kappa shape index (κ3) is 6.72. The second kappa shape index (κ2) is 12.1. The van der Waals surface area contributed by atoms with Crippen LogP contribution < -0.4 is 0 Å². The normalized spacial score (nSPS) is 19.5. The number of hydrogen-bond acceptors (Lipinski definition) is 4. The molecule has 0 saturated carbocycles. The molecule has 0 spiro atoms. The first-order valence-electron chi connectivity index (χ1n) is 9.18. The number of likely N-dealkylation sites (tertiary alicyclic amines) is 1. The second-order valence-electron chi connectivity index (χ2n) is 7.21. The molecule has 1 fully saturated rings. The van der Waals surface area contributed by atoms with E-state index in [1.807, 2.05) is 35.2 Å². The minimum Gasteiger partial charge on any atom is -0.389 e. The maximum absolute atomic E-state index is 13.0. The summed E-state index contributed by atoms with van der Waals surface area (Å²) < 4.78 is 0. The van der Waals surface area contributed by atoms with Crippen LogP contribution in [0.15, 0.2) is 48.5 Å². The number of β-amino-alcohol motifs (C(OH)–C–C–N with tert-alkyl or cyclic N) is 2. The van der Waals surface area contributed by atoms with Crippen molar-refractivity contribution in [1.29, 1.82) is 0 Å². The summed E-state index contributed by atoms with van der Waals surface area (Å²) in [5, 5.41) is 20.6. The van der Waals surface area contributed by atoms with Crippen molar-refractivity contribution >= 4 is 53.9 Å². The monoisotopic (exact) mass is 494 g/mol. The smallest absolute Gasteiger partial charge is 0.227 e. The molecule has 1 aliphatic rings. The van der Waals surface area contributed by atoms with Crippen molar-refractivity contribution in [2.75, 3.05) is 26.7 Å². The number of nitrogens with zero attached hydrogens (tertiary/aromatic N) is 2. The van der Waals surface area contributed by atoms with Crippen molar-refractivity contribution in [2.45, 2.75) is 24.7 Å². The Kier molecular flexibility index (Phi) is 10.9. The summed E-state index contributed by atoms with van der Waals surface area (Å²) in [6.45, 7) is 1.31. The highest BCUT2D eigenvalue weighted by molar-refractivity contribution is 6.42. The van der Waals surface area contributed by atoms with Gasteiger partial charge in [0.05, 0.1) is 34.7 Å². The number of likely N-dealkylation sites (N-methyl/N-ethyl adjacent to an activating group) is 1. The van der Waals surface area contributed by atoms with E-state index in [1.54, 1.807) is 30.1 Å². The fourth-order valence-corrected chi connectivity index (χ4v) is 3.81. The van der Waals surface area contributed by atoms with Gasteiger partial charge in [-0.05, 0) is 23.3 Å². The molecule has 0 aromatic heterocycles. The maximum Gasteiger partial charge on any atom is 0.227 e. The van der Waals surface area contributed by atoms with Gasteiger partial charge in [0.2, 0.25) is 5.91 Å². The van der Waals surface area contributed by atoms with E-state index in [0.29, 0.717) is 29.7 Å². The number of carbonyl (C=O) groups is 1. The van der Waals surface area contributed by atoms with Gasteiger partial charge in [0.15, 0.2) is 0 Å². The number of rotatable bonds is 6. The van der Waals surface area contributed by atoms with Gasteiger partial charge in [0, 0.05) is 26.7 Å². The molecule has 0 unspecified atom stereocenters. The van der Waals surface area contributed by atoms with Gasteiger partial charge in [0.1, 0.15) is 0 Å². The summed E-state index contributed by atoms with van der Waals surface area (Å²) in [4.78, 5) is 16.7. The predicted molar refractivity (Wildman–Crippen MR) is 125 cm³/mol. The molecular formula is C21H26Cl4N2O3.